The van der Waals surface area contributed by atoms with Crippen molar-refractivity contribution in [1.82, 2.24) is 9.97 Å². The number of hydrogen-bond donors (Lipinski definition) is 1. The Balaban J connectivity index is 1.68. The van der Waals surface area contributed by atoms with Crippen molar-refractivity contribution in [3.05, 3.63) is 47.7 Å². The average molecular weight is 282 g/mol. The third kappa shape index (κ3) is 3.17. The van der Waals surface area contributed by atoms with E-state index in [1.165, 1.54) is 0 Å². The van der Waals surface area contributed by atoms with Crippen LogP contribution in [0.1, 0.15) is 5.56 Å². The summed E-state index contributed by atoms with van der Waals surface area (Å²) in [7, 11) is 1.55. The van der Waals surface area contributed by atoms with Gasteiger partial charge in [-0.05, 0) is 12.1 Å². The normalized spacial score (nSPS) is 13.3. The largest absolute Gasteiger partial charge is 0.488 e. The zero-order valence-electron chi connectivity index (χ0n) is 11.5. The van der Waals surface area contributed by atoms with Crippen molar-refractivity contribution in [2.45, 2.75) is 0 Å². The number of ether oxygens (including phenoxy) is 2. The number of nitrogens with one attached hydrogen (secondary N) is 1. The van der Waals surface area contributed by atoms with Gasteiger partial charge in [-0.2, -0.15) is 10.1 Å². The zero-order valence-corrected chi connectivity index (χ0v) is 11.5. The molecule has 1 N–H and O–H groups in total. The summed E-state index contributed by atoms with van der Waals surface area (Å²) in [5.74, 6) is 1.75. The van der Waals surface area contributed by atoms with E-state index in [1.807, 2.05) is 30.3 Å². The fourth-order valence-corrected chi connectivity index (χ4v) is 1.89. The molecule has 0 spiro atoms. The molecule has 2 heterocycles. The highest BCUT2D eigenvalue weighted by Gasteiger charge is 2.08. The highest BCUT2D eigenvalue weighted by Crippen LogP contribution is 2.24. The van der Waals surface area contributed by atoms with Gasteiger partial charge in [-0.3, -0.25) is 0 Å². The summed E-state index contributed by atoms with van der Waals surface area (Å²) in [5, 5.41) is 4.11. The number of para-hydroxylation sites is 1. The first-order chi connectivity index (χ1) is 10.3. The van der Waals surface area contributed by atoms with Crippen LogP contribution in [0.2, 0.25) is 0 Å². The molecule has 1 aromatic heterocycles. The summed E-state index contributed by atoms with van der Waals surface area (Å²) in [6.45, 7) is 0.487. The summed E-state index contributed by atoms with van der Waals surface area (Å²) < 4.78 is 10.7. The first-order valence-electron chi connectivity index (χ1n) is 6.43. The third-order valence-electron chi connectivity index (χ3n) is 2.89. The van der Waals surface area contributed by atoms with Crippen molar-refractivity contribution in [2.75, 3.05) is 19.1 Å². The second-order valence-electron chi connectivity index (χ2n) is 4.34. The molecular formula is C15H14N4O2. The molecule has 1 aliphatic heterocycles. The van der Waals surface area contributed by atoms with Gasteiger partial charge in [-0.25, -0.2) is 10.4 Å². The molecule has 106 valence electrons. The Morgan fingerprint density at radius 2 is 2.24 bits per heavy atom. The molecule has 0 bridgehead atoms. The van der Waals surface area contributed by atoms with Gasteiger partial charge in [-0.1, -0.05) is 18.2 Å². The number of nitrogens with zero attached hydrogens (tertiary/aromatic N) is 3. The Kier molecular flexibility index (Phi) is 3.77. The van der Waals surface area contributed by atoms with Crippen LogP contribution in [0.5, 0.6) is 11.6 Å². The summed E-state index contributed by atoms with van der Waals surface area (Å²) in [5.41, 5.74) is 4.77. The van der Waals surface area contributed by atoms with E-state index >= 15 is 0 Å². The van der Waals surface area contributed by atoms with Crippen LogP contribution in [-0.4, -0.2) is 29.9 Å². The lowest BCUT2D eigenvalue weighted by Crippen LogP contribution is -2.08. The molecule has 2 aromatic rings. The van der Waals surface area contributed by atoms with Gasteiger partial charge in [0.15, 0.2) is 0 Å². The van der Waals surface area contributed by atoms with Crippen molar-refractivity contribution >= 4 is 18.2 Å². The highest BCUT2D eigenvalue weighted by atomic mass is 16.5. The molecule has 6 heteroatoms. The van der Waals surface area contributed by atoms with E-state index in [4.69, 9.17) is 9.47 Å². The van der Waals surface area contributed by atoms with Gasteiger partial charge in [0.25, 0.3) is 0 Å². The van der Waals surface area contributed by atoms with Gasteiger partial charge in [0, 0.05) is 23.4 Å². The number of methoxy groups -OCH3 is 1. The van der Waals surface area contributed by atoms with Crippen LogP contribution in [-0.2, 0) is 0 Å². The molecule has 21 heavy (non-hydrogen) atoms. The molecule has 1 aliphatic rings. The highest BCUT2D eigenvalue weighted by molar-refractivity contribution is 5.88. The lowest BCUT2D eigenvalue weighted by Gasteiger charge is -2.15. The number of rotatable bonds is 4. The van der Waals surface area contributed by atoms with Crippen LogP contribution in [0.3, 0.4) is 0 Å². The van der Waals surface area contributed by atoms with Crippen LogP contribution in [0.25, 0.3) is 6.08 Å². The van der Waals surface area contributed by atoms with Crippen molar-refractivity contribution in [3.63, 3.8) is 0 Å². The predicted molar refractivity (Wildman–Crippen MR) is 80.6 cm³/mol. The van der Waals surface area contributed by atoms with Gasteiger partial charge in [0.1, 0.15) is 12.4 Å². The summed E-state index contributed by atoms with van der Waals surface area (Å²) in [6, 6.07) is 9.54. The Morgan fingerprint density at radius 3 is 3.14 bits per heavy atom. The number of hydrogen-bond acceptors (Lipinski definition) is 6. The molecule has 0 saturated carbocycles. The average Bonchev–Trinajstić information content (AvgIpc) is 2.55. The molecule has 0 amide bonds. The maximum absolute atomic E-state index is 5.64. The van der Waals surface area contributed by atoms with Crippen LogP contribution in [0.15, 0.2) is 47.2 Å². The van der Waals surface area contributed by atoms with E-state index in [2.05, 4.69) is 20.5 Å². The van der Waals surface area contributed by atoms with E-state index < -0.39 is 0 Å². The number of anilines is 1. The molecule has 0 saturated heterocycles. The van der Waals surface area contributed by atoms with Gasteiger partial charge >= 0.3 is 0 Å². The molecular weight excluding hydrogens is 268 g/mol. The van der Waals surface area contributed by atoms with E-state index in [0.717, 1.165) is 16.9 Å². The lowest BCUT2D eigenvalue weighted by molar-refractivity contribution is 0.353. The van der Waals surface area contributed by atoms with Crippen molar-refractivity contribution in [2.24, 2.45) is 5.10 Å². The topological polar surface area (TPSA) is 68.6 Å². The summed E-state index contributed by atoms with van der Waals surface area (Å²) >= 11 is 0. The van der Waals surface area contributed by atoms with Crippen molar-refractivity contribution in [1.29, 1.82) is 0 Å². The van der Waals surface area contributed by atoms with Crippen LogP contribution in [0.4, 0.5) is 5.95 Å². The molecule has 1 aromatic carbocycles. The van der Waals surface area contributed by atoms with Crippen LogP contribution < -0.4 is 14.9 Å². The Morgan fingerprint density at radius 1 is 1.33 bits per heavy atom. The number of benzene rings is 1. The minimum atomic E-state index is 0.378. The van der Waals surface area contributed by atoms with Gasteiger partial charge in [0.05, 0.1) is 13.3 Å². The summed E-state index contributed by atoms with van der Waals surface area (Å²) in [6.07, 6.45) is 5.33. The Labute approximate surface area is 122 Å². The summed E-state index contributed by atoms with van der Waals surface area (Å²) in [4.78, 5) is 8.14. The quantitative estimate of drug-likeness (QED) is 0.688. The first-order valence-corrected chi connectivity index (χ1v) is 6.43. The zero-order chi connectivity index (χ0) is 14.5. The van der Waals surface area contributed by atoms with E-state index in [1.54, 1.807) is 25.6 Å². The number of aromatic nitrogens is 2. The Hall–Kier alpha value is -2.89. The molecule has 6 nitrogen and oxygen atoms in total. The third-order valence-corrected chi connectivity index (χ3v) is 2.89. The fourth-order valence-electron chi connectivity index (χ4n) is 1.89. The van der Waals surface area contributed by atoms with E-state index in [0.29, 0.717) is 18.4 Å². The lowest BCUT2D eigenvalue weighted by atomic mass is 10.1. The number of fused-ring (bicyclic) bond motifs is 1. The van der Waals surface area contributed by atoms with E-state index in [9.17, 15) is 0 Å². The standard InChI is InChI=1S/C15H14N4O2/c1-20-14-6-7-16-15(18-14)19-17-9-11-8-12-4-2-3-5-13(12)21-10-11/h2-9H,10H2,1H3,(H,16,18,19). The maximum Gasteiger partial charge on any atom is 0.246 e. The van der Waals surface area contributed by atoms with Gasteiger partial charge < -0.3 is 9.47 Å². The molecule has 0 unspecified atom stereocenters. The van der Waals surface area contributed by atoms with Crippen molar-refractivity contribution in [3.8, 4) is 11.6 Å². The van der Waals surface area contributed by atoms with Gasteiger partial charge in [-0.15, -0.1) is 0 Å². The molecule has 0 fully saturated rings. The van der Waals surface area contributed by atoms with E-state index in [-0.39, 0.29) is 0 Å². The number of hydrazone groups is 1. The minimum Gasteiger partial charge on any atom is -0.488 e. The molecule has 0 radical (unpaired) electrons. The van der Waals surface area contributed by atoms with Gasteiger partial charge in [0.2, 0.25) is 11.8 Å². The Bertz CT molecular complexity index is 698. The smallest absolute Gasteiger partial charge is 0.246 e. The van der Waals surface area contributed by atoms with Crippen molar-refractivity contribution < 1.29 is 9.47 Å². The minimum absolute atomic E-state index is 0.378. The fraction of sp³-hybridized carbons (Fsp3) is 0.133. The monoisotopic (exact) mass is 282 g/mol. The molecule has 0 aliphatic carbocycles. The molecule has 3 rings (SSSR count). The first kappa shape index (κ1) is 13.1. The van der Waals surface area contributed by atoms with Crippen LogP contribution >= 0.6 is 0 Å². The maximum atomic E-state index is 5.64. The molecule has 0 atom stereocenters. The SMILES string of the molecule is COc1ccnc(NN=CC2=Cc3ccccc3OC2)n1. The van der Waals surface area contributed by atoms with Crippen LogP contribution in [0, 0.1) is 0 Å². The second-order valence-corrected chi connectivity index (χ2v) is 4.34. The predicted octanol–water partition coefficient (Wildman–Crippen LogP) is 2.36. The second kappa shape index (κ2) is 6.04.